The van der Waals surface area contributed by atoms with Gasteiger partial charge in [-0.3, -0.25) is 9.52 Å². The molecule has 2 aromatic rings. The molecule has 7 heteroatoms. The topological polar surface area (TPSA) is 75.3 Å². The molecule has 5 nitrogen and oxygen atoms in total. The standard InChI is InChI=1S/C15H14N2O3S2/c1-10-3-2-4-11(7-10)17-22(19,20)12-5-6-14-13(8-12)16-15(18)9-21-14/h2-8,17H,9H2,1H3,(H,16,18). The van der Waals surface area contributed by atoms with Gasteiger partial charge in [0.2, 0.25) is 5.91 Å². The Morgan fingerprint density at radius 1 is 1.18 bits per heavy atom. The second-order valence-corrected chi connectivity index (χ2v) is 7.67. The number of hydrogen-bond acceptors (Lipinski definition) is 4. The first kappa shape index (κ1) is 14.9. The molecule has 0 aliphatic carbocycles. The van der Waals surface area contributed by atoms with Gasteiger partial charge in [0.25, 0.3) is 10.0 Å². The van der Waals surface area contributed by atoms with Crippen molar-refractivity contribution in [2.75, 3.05) is 15.8 Å². The molecule has 1 amide bonds. The lowest BCUT2D eigenvalue weighted by Crippen LogP contribution is -2.20. The van der Waals surface area contributed by atoms with Gasteiger partial charge in [-0.2, -0.15) is 0 Å². The first-order valence-corrected chi connectivity index (χ1v) is 9.07. The zero-order valence-electron chi connectivity index (χ0n) is 11.8. The van der Waals surface area contributed by atoms with Gasteiger partial charge in [0, 0.05) is 10.6 Å². The molecule has 0 atom stereocenters. The lowest BCUT2D eigenvalue weighted by molar-refractivity contribution is -0.113. The summed E-state index contributed by atoms with van der Waals surface area (Å²) in [6, 6.07) is 11.9. The van der Waals surface area contributed by atoms with Crippen LogP contribution in [0.3, 0.4) is 0 Å². The highest BCUT2D eigenvalue weighted by molar-refractivity contribution is 8.00. The van der Waals surface area contributed by atoms with Gasteiger partial charge in [-0.25, -0.2) is 8.42 Å². The van der Waals surface area contributed by atoms with Gasteiger partial charge in [0.05, 0.1) is 16.3 Å². The summed E-state index contributed by atoms with van der Waals surface area (Å²) < 4.78 is 27.4. The molecule has 0 saturated heterocycles. The van der Waals surface area contributed by atoms with E-state index < -0.39 is 10.0 Å². The van der Waals surface area contributed by atoms with E-state index in [9.17, 15) is 13.2 Å². The number of carbonyl (C=O) groups is 1. The van der Waals surface area contributed by atoms with Gasteiger partial charge in [0.15, 0.2) is 0 Å². The van der Waals surface area contributed by atoms with E-state index in [-0.39, 0.29) is 10.8 Å². The SMILES string of the molecule is Cc1cccc(NS(=O)(=O)c2ccc3c(c2)NC(=O)CS3)c1. The van der Waals surface area contributed by atoms with E-state index in [0.717, 1.165) is 10.5 Å². The zero-order chi connectivity index (χ0) is 15.7. The second kappa shape index (κ2) is 5.66. The van der Waals surface area contributed by atoms with E-state index in [4.69, 9.17) is 0 Å². The normalized spacial score (nSPS) is 14.1. The monoisotopic (exact) mass is 334 g/mol. The summed E-state index contributed by atoms with van der Waals surface area (Å²) in [5, 5.41) is 2.69. The van der Waals surface area contributed by atoms with Crippen molar-refractivity contribution in [1.29, 1.82) is 0 Å². The summed E-state index contributed by atoms with van der Waals surface area (Å²) in [5.74, 6) is 0.222. The number of rotatable bonds is 3. The van der Waals surface area contributed by atoms with Crippen molar-refractivity contribution in [3.8, 4) is 0 Å². The maximum atomic E-state index is 12.4. The van der Waals surface area contributed by atoms with Crippen molar-refractivity contribution in [3.05, 3.63) is 48.0 Å². The van der Waals surface area contributed by atoms with Crippen LogP contribution < -0.4 is 10.0 Å². The Balaban J connectivity index is 1.92. The third-order valence-corrected chi connectivity index (χ3v) is 5.62. The Morgan fingerprint density at radius 2 is 2.00 bits per heavy atom. The second-order valence-electron chi connectivity index (χ2n) is 4.97. The summed E-state index contributed by atoms with van der Waals surface area (Å²) in [7, 11) is -3.69. The molecule has 0 radical (unpaired) electrons. The van der Waals surface area contributed by atoms with Crippen LogP contribution in [0.25, 0.3) is 0 Å². The van der Waals surface area contributed by atoms with E-state index in [0.29, 0.717) is 17.1 Å². The van der Waals surface area contributed by atoms with E-state index >= 15 is 0 Å². The van der Waals surface area contributed by atoms with Gasteiger partial charge in [-0.1, -0.05) is 12.1 Å². The fourth-order valence-corrected chi connectivity index (χ4v) is 4.02. The summed E-state index contributed by atoms with van der Waals surface area (Å²) in [6.07, 6.45) is 0. The van der Waals surface area contributed by atoms with Gasteiger partial charge >= 0.3 is 0 Å². The predicted molar refractivity (Wildman–Crippen MR) is 87.8 cm³/mol. The highest BCUT2D eigenvalue weighted by Crippen LogP contribution is 2.33. The first-order valence-electron chi connectivity index (χ1n) is 6.60. The van der Waals surface area contributed by atoms with Gasteiger partial charge in [0.1, 0.15) is 0 Å². The van der Waals surface area contributed by atoms with Crippen LogP contribution in [0.2, 0.25) is 0 Å². The molecule has 0 saturated carbocycles. The highest BCUT2D eigenvalue weighted by Gasteiger charge is 2.20. The summed E-state index contributed by atoms with van der Waals surface area (Å²) in [6.45, 7) is 1.89. The van der Waals surface area contributed by atoms with Crippen LogP contribution in [0.15, 0.2) is 52.3 Å². The number of fused-ring (bicyclic) bond motifs is 1. The lowest BCUT2D eigenvalue weighted by Gasteiger charge is -2.17. The molecule has 1 heterocycles. The molecule has 0 unspecified atom stereocenters. The summed E-state index contributed by atoms with van der Waals surface area (Å²) >= 11 is 1.39. The minimum Gasteiger partial charge on any atom is -0.324 e. The Hall–Kier alpha value is -1.99. The van der Waals surface area contributed by atoms with E-state index in [1.54, 1.807) is 30.3 Å². The molecule has 3 rings (SSSR count). The van der Waals surface area contributed by atoms with Crippen molar-refractivity contribution in [2.24, 2.45) is 0 Å². The largest absolute Gasteiger partial charge is 0.324 e. The van der Waals surface area contributed by atoms with Gasteiger partial charge in [-0.05, 0) is 42.8 Å². The molecule has 2 aromatic carbocycles. The lowest BCUT2D eigenvalue weighted by atomic mass is 10.2. The molecule has 114 valence electrons. The van der Waals surface area contributed by atoms with E-state index in [1.807, 2.05) is 13.0 Å². The Labute approximate surface area is 133 Å². The fraction of sp³-hybridized carbons (Fsp3) is 0.133. The minimum atomic E-state index is -3.69. The number of carbonyl (C=O) groups excluding carboxylic acids is 1. The molecule has 0 bridgehead atoms. The number of amides is 1. The maximum Gasteiger partial charge on any atom is 0.261 e. The molecule has 1 aliphatic heterocycles. The first-order chi connectivity index (χ1) is 10.4. The molecule has 0 aromatic heterocycles. The molecule has 0 fully saturated rings. The number of nitrogens with one attached hydrogen (secondary N) is 2. The maximum absolute atomic E-state index is 12.4. The number of hydrogen-bond donors (Lipinski definition) is 2. The number of anilines is 2. The van der Waals surface area contributed by atoms with Crippen molar-refractivity contribution >= 4 is 39.1 Å². The third kappa shape index (κ3) is 3.10. The van der Waals surface area contributed by atoms with Crippen LogP contribution in [0, 0.1) is 6.92 Å². The number of aryl methyl sites for hydroxylation is 1. The van der Waals surface area contributed by atoms with Crippen molar-refractivity contribution < 1.29 is 13.2 Å². The number of benzene rings is 2. The van der Waals surface area contributed by atoms with E-state index in [2.05, 4.69) is 10.0 Å². The van der Waals surface area contributed by atoms with E-state index in [1.165, 1.54) is 17.8 Å². The molecule has 1 aliphatic rings. The molecule has 22 heavy (non-hydrogen) atoms. The van der Waals surface area contributed by atoms with Gasteiger partial charge in [-0.15, -0.1) is 11.8 Å². The molecule has 0 spiro atoms. The Morgan fingerprint density at radius 3 is 2.77 bits per heavy atom. The van der Waals surface area contributed by atoms with Crippen molar-refractivity contribution in [2.45, 2.75) is 16.7 Å². The minimum absolute atomic E-state index is 0.121. The van der Waals surface area contributed by atoms with Crippen LogP contribution >= 0.6 is 11.8 Å². The average molecular weight is 334 g/mol. The average Bonchev–Trinajstić information content (AvgIpc) is 2.46. The van der Waals surface area contributed by atoms with Crippen LogP contribution in [0.5, 0.6) is 0 Å². The molecular weight excluding hydrogens is 320 g/mol. The van der Waals surface area contributed by atoms with Crippen LogP contribution in [0.4, 0.5) is 11.4 Å². The van der Waals surface area contributed by atoms with Gasteiger partial charge < -0.3 is 5.32 Å². The highest BCUT2D eigenvalue weighted by atomic mass is 32.2. The van der Waals surface area contributed by atoms with Crippen LogP contribution in [-0.4, -0.2) is 20.1 Å². The van der Waals surface area contributed by atoms with Crippen LogP contribution in [0.1, 0.15) is 5.56 Å². The zero-order valence-corrected chi connectivity index (χ0v) is 13.4. The third-order valence-electron chi connectivity index (χ3n) is 3.16. The Bertz CT molecular complexity index is 848. The summed E-state index contributed by atoms with van der Waals surface area (Å²) in [4.78, 5) is 12.4. The molecule has 2 N–H and O–H groups in total. The number of sulfonamides is 1. The Kier molecular flexibility index (Phi) is 3.84. The fourth-order valence-electron chi connectivity index (χ4n) is 2.15. The van der Waals surface area contributed by atoms with Crippen LogP contribution in [-0.2, 0) is 14.8 Å². The van der Waals surface area contributed by atoms with Crippen molar-refractivity contribution in [1.82, 2.24) is 0 Å². The summed E-state index contributed by atoms with van der Waals surface area (Å²) in [5.41, 5.74) is 2.01. The van der Waals surface area contributed by atoms with Crippen molar-refractivity contribution in [3.63, 3.8) is 0 Å². The predicted octanol–water partition coefficient (Wildman–Crippen LogP) is 2.84. The quantitative estimate of drug-likeness (QED) is 0.905. The number of thioether (sulfide) groups is 1. The smallest absolute Gasteiger partial charge is 0.261 e. The molecular formula is C15H14N2O3S2.